The largest absolute Gasteiger partial charge is 0.490 e. The summed E-state index contributed by atoms with van der Waals surface area (Å²) in [5.74, 6) is 2.65. The first-order valence-corrected chi connectivity index (χ1v) is 26.6. The van der Waals surface area contributed by atoms with E-state index in [1.165, 1.54) is 237 Å². The molecule has 0 heterocycles. The van der Waals surface area contributed by atoms with Crippen molar-refractivity contribution in [1.82, 2.24) is 0 Å². The maximum Gasteiger partial charge on any atom is 0.203 e. The van der Waals surface area contributed by atoms with Gasteiger partial charge in [-0.05, 0) is 49.8 Å². The Bertz CT molecular complexity index is 890. The molecule has 0 spiro atoms. The van der Waals surface area contributed by atoms with E-state index in [2.05, 4.69) is 39.8 Å². The third-order valence-corrected chi connectivity index (χ3v) is 12.3. The summed E-state index contributed by atoms with van der Waals surface area (Å²) < 4.78 is 19.7. The summed E-state index contributed by atoms with van der Waals surface area (Å²) >= 11 is 0. The van der Waals surface area contributed by atoms with Gasteiger partial charge in [-0.3, -0.25) is 0 Å². The van der Waals surface area contributed by atoms with Crippen molar-refractivity contribution in [2.75, 3.05) is 19.8 Å². The fourth-order valence-corrected chi connectivity index (χ4v) is 8.36. The molecule has 0 amide bonds. The predicted octanol–water partition coefficient (Wildman–Crippen LogP) is 19.3. The van der Waals surface area contributed by atoms with E-state index in [0.717, 1.165) is 75.6 Å². The third kappa shape index (κ3) is 35.4. The van der Waals surface area contributed by atoms with E-state index < -0.39 is 0 Å². The van der Waals surface area contributed by atoms with Crippen molar-refractivity contribution in [2.45, 2.75) is 290 Å². The van der Waals surface area contributed by atoms with Gasteiger partial charge >= 0.3 is 0 Å². The molecule has 3 heteroatoms. The highest BCUT2D eigenvalue weighted by molar-refractivity contribution is 5.54. The normalized spacial score (nSPS) is 11.4. The SMILES string of the molecule is [CH2]CCCc1cc(OCCCCCCCCCCCCCCC)c(OCCCCCCCCCCCCCCC)c(OCCCCCCCCCCCCCCC)c1. The monoisotopic (exact) mass is 812 g/mol. The molecule has 1 aromatic carbocycles. The van der Waals surface area contributed by atoms with E-state index in [0.29, 0.717) is 0 Å². The van der Waals surface area contributed by atoms with Gasteiger partial charge in [0.05, 0.1) is 19.8 Å². The molecule has 1 rings (SSSR count). The molecular weight excluding hydrogens is 709 g/mol. The summed E-state index contributed by atoms with van der Waals surface area (Å²) in [6.45, 7) is 13.3. The maximum absolute atomic E-state index is 6.60. The van der Waals surface area contributed by atoms with Crippen LogP contribution >= 0.6 is 0 Å². The second kappa shape index (κ2) is 45.2. The molecule has 0 unspecified atom stereocenters. The van der Waals surface area contributed by atoms with Crippen molar-refractivity contribution >= 4 is 0 Å². The Morgan fingerprint density at radius 3 is 0.810 bits per heavy atom. The van der Waals surface area contributed by atoms with Crippen molar-refractivity contribution in [1.29, 1.82) is 0 Å². The Hall–Kier alpha value is -1.38. The van der Waals surface area contributed by atoms with E-state index in [9.17, 15) is 0 Å². The van der Waals surface area contributed by atoms with Crippen LogP contribution in [-0.2, 0) is 6.42 Å². The molecular formula is C55H103O3. The predicted molar refractivity (Wildman–Crippen MR) is 258 cm³/mol. The van der Waals surface area contributed by atoms with Gasteiger partial charge in [-0.1, -0.05) is 265 Å². The number of ether oxygens (including phenoxy) is 3. The third-order valence-electron chi connectivity index (χ3n) is 12.3. The number of hydrogen-bond donors (Lipinski definition) is 0. The first kappa shape index (κ1) is 54.6. The van der Waals surface area contributed by atoms with E-state index in [1.807, 2.05) is 0 Å². The van der Waals surface area contributed by atoms with Gasteiger partial charge in [0.1, 0.15) is 0 Å². The van der Waals surface area contributed by atoms with Crippen LogP contribution in [0.2, 0.25) is 0 Å². The Kier molecular flexibility index (Phi) is 42.5. The highest BCUT2D eigenvalue weighted by Crippen LogP contribution is 2.40. The lowest BCUT2D eigenvalue weighted by molar-refractivity contribution is 0.234. The molecule has 0 N–H and O–H groups in total. The summed E-state index contributed by atoms with van der Waals surface area (Å²) in [4.78, 5) is 0. The summed E-state index contributed by atoms with van der Waals surface area (Å²) in [7, 11) is 0. The lowest BCUT2D eigenvalue weighted by Gasteiger charge is -2.19. The smallest absolute Gasteiger partial charge is 0.203 e. The van der Waals surface area contributed by atoms with Crippen LogP contribution in [-0.4, -0.2) is 19.8 Å². The number of rotatable bonds is 48. The van der Waals surface area contributed by atoms with Gasteiger partial charge in [-0.25, -0.2) is 0 Å². The first-order valence-electron chi connectivity index (χ1n) is 26.6. The minimum atomic E-state index is 0.736. The van der Waals surface area contributed by atoms with Crippen molar-refractivity contribution in [3.05, 3.63) is 24.6 Å². The molecule has 341 valence electrons. The fraction of sp³-hybridized carbons (Fsp3) is 0.873. The molecule has 1 radical (unpaired) electrons. The molecule has 0 saturated heterocycles. The van der Waals surface area contributed by atoms with Crippen LogP contribution in [0.4, 0.5) is 0 Å². The quantitative estimate of drug-likeness (QED) is 0.0614. The van der Waals surface area contributed by atoms with Crippen LogP contribution in [0.15, 0.2) is 12.1 Å². The minimum absolute atomic E-state index is 0.736. The second-order valence-corrected chi connectivity index (χ2v) is 18.2. The van der Waals surface area contributed by atoms with Crippen LogP contribution in [0, 0.1) is 6.92 Å². The molecule has 0 aliphatic heterocycles. The molecule has 0 aliphatic carbocycles. The van der Waals surface area contributed by atoms with E-state index in [-0.39, 0.29) is 0 Å². The van der Waals surface area contributed by atoms with Crippen molar-refractivity contribution < 1.29 is 14.2 Å². The molecule has 0 saturated carbocycles. The molecule has 0 atom stereocenters. The van der Waals surface area contributed by atoms with Gasteiger partial charge in [-0.2, -0.15) is 0 Å². The first-order chi connectivity index (χ1) is 28.8. The summed E-state index contributed by atoms with van der Waals surface area (Å²) in [5, 5.41) is 0. The topological polar surface area (TPSA) is 27.7 Å². The Morgan fingerprint density at radius 2 is 0.552 bits per heavy atom. The molecule has 0 bridgehead atoms. The number of hydrogen-bond acceptors (Lipinski definition) is 3. The van der Waals surface area contributed by atoms with Crippen LogP contribution in [0.3, 0.4) is 0 Å². The lowest BCUT2D eigenvalue weighted by atomic mass is 10.0. The average Bonchev–Trinajstić information content (AvgIpc) is 3.23. The Labute approximate surface area is 365 Å². The second-order valence-electron chi connectivity index (χ2n) is 18.2. The standard InChI is InChI=1S/C55H103O3/c1-5-9-13-16-19-22-25-28-31-34-37-40-43-47-56-53-50-52(46-12-8-4)51-54(57-48-44-41-38-35-32-29-26-23-20-17-14-10-6-2)55(53)58-49-45-42-39-36-33-30-27-24-21-18-15-11-7-3/h50-51H,4-49H2,1-3H3. The van der Waals surface area contributed by atoms with Gasteiger partial charge in [0, 0.05) is 0 Å². The zero-order valence-electron chi connectivity index (χ0n) is 39.9. The van der Waals surface area contributed by atoms with Crippen LogP contribution in [0.5, 0.6) is 17.2 Å². The van der Waals surface area contributed by atoms with Gasteiger partial charge < -0.3 is 14.2 Å². The summed E-state index contributed by atoms with van der Waals surface area (Å²) in [6.07, 6.45) is 56.2. The lowest BCUT2D eigenvalue weighted by Crippen LogP contribution is -2.07. The molecule has 0 aliphatic rings. The molecule has 0 aromatic heterocycles. The van der Waals surface area contributed by atoms with Crippen molar-refractivity contribution in [3.63, 3.8) is 0 Å². The van der Waals surface area contributed by atoms with Crippen molar-refractivity contribution in [2.24, 2.45) is 0 Å². The van der Waals surface area contributed by atoms with Crippen LogP contribution in [0.25, 0.3) is 0 Å². The zero-order valence-corrected chi connectivity index (χ0v) is 39.9. The number of benzene rings is 1. The highest BCUT2D eigenvalue weighted by Gasteiger charge is 2.16. The molecule has 58 heavy (non-hydrogen) atoms. The average molecular weight is 812 g/mol. The van der Waals surface area contributed by atoms with Gasteiger partial charge in [0.25, 0.3) is 0 Å². The fourth-order valence-electron chi connectivity index (χ4n) is 8.36. The van der Waals surface area contributed by atoms with Crippen LogP contribution < -0.4 is 14.2 Å². The minimum Gasteiger partial charge on any atom is -0.490 e. The Balaban J connectivity index is 2.56. The zero-order chi connectivity index (χ0) is 41.7. The summed E-state index contributed by atoms with van der Waals surface area (Å²) in [6, 6.07) is 4.49. The van der Waals surface area contributed by atoms with Crippen molar-refractivity contribution in [3.8, 4) is 17.2 Å². The molecule has 0 fully saturated rings. The van der Waals surface area contributed by atoms with Gasteiger partial charge in [0.2, 0.25) is 5.75 Å². The van der Waals surface area contributed by atoms with Gasteiger partial charge in [0.15, 0.2) is 11.5 Å². The highest BCUT2D eigenvalue weighted by atomic mass is 16.5. The maximum atomic E-state index is 6.60. The molecule has 1 aromatic rings. The van der Waals surface area contributed by atoms with Gasteiger partial charge in [-0.15, -0.1) is 0 Å². The number of unbranched alkanes of at least 4 members (excludes halogenated alkanes) is 37. The van der Waals surface area contributed by atoms with E-state index in [1.54, 1.807) is 0 Å². The van der Waals surface area contributed by atoms with Crippen LogP contribution in [0.1, 0.15) is 290 Å². The van der Waals surface area contributed by atoms with E-state index >= 15 is 0 Å². The molecule has 3 nitrogen and oxygen atoms in total. The summed E-state index contributed by atoms with van der Waals surface area (Å²) in [5.41, 5.74) is 1.29. The number of aryl methyl sites for hydroxylation is 1. The Morgan fingerprint density at radius 1 is 0.310 bits per heavy atom. The van der Waals surface area contributed by atoms with E-state index in [4.69, 9.17) is 14.2 Å².